The van der Waals surface area contributed by atoms with Crippen LogP contribution in [0.5, 0.6) is 5.75 Å². The van der Waals surface area contributed by atoms with Crippen LogP contribution in [0.3, 0.4) is 0 Å². The molecular formula is C13H20Cl2F2N2O. The Hall–Kier alpha value is -0.620. The van der Waals surface area contributed by atoms with Crippen molar-refractivity contribution in [3.8, 4) is 5.75 Å². The molecule has 1 N–H and O–H groups in total. The standard InChI is InChI=1S/C13H18F2N2O.2ClH/c1-10(17-8-6-16-7-9-17)11-2-4-12(5-3-11)18-13(14)15;;/h2-5,10,13,16H,6-9H2,1H3;2*1H. The molecular weight excluding hydrogens is 309 g/mol. The lowest BCUT2D eigenvalue weighted by Gasteiger charge is -2.33. The summed E-state index contributed by atoms with van der Waals surface area (Å²) in [4.78, 5) is 2.37. The molecule has 1 saturated heterocycles. The highest BCUT2D eigenvalue weighted by molar-refractivity contribution is 5.85. The van der Waals surface area contributed by atoms with Crippen LogP contribution in [-0.2, 0) is 0 Å². The van der Waals surface area contributed by atoms with Gasteiger partial charge in [0.2, 0.25) is 0 Å². The number of piperazine rings is 1. The Labute approximate surface area is 130 Å². The van der Waals surface area contributed by atoms with Gasteiger partial charge in [-0.15, -0.1) is 24.8 Å². The second kappa shape index (κ2) is 9.34. The molecule has 0 amide bonds. The van der Waals surface area contributed by atoms with Gasteiger partial charge in [0.1, 0.15) is 5.75 Å². The topological polar surface area (TPSA) is 24.5 Å². The van der Waals surface area contributed by atoms with Gasteiger partial charge in [0.25, 0.3) is 0 Å². The molecule has 1 aromatic carbocycles. The van der Waals surface area contributed by atoms with Crippen molar-refractivity contribution in [2.45, 2.75) is 19.6 Å². The molecule has 116 valence electrons. The second-order valence-electron chi connectivity index (χ2n) is 4.41. The lowest BCUT2D eigenvalue weighted by molar-refractivity contribution is -0.0498. The summed E-state index contributed by atoms with van der Waals surface area (Å²) in [6, 6.07) is 7.20. The highest BCUT2D eigenvalue weighted by Gasteiger charge is 2.17. The number of ether oxygens (including phenoxy) is 1. The average molecular weight is 329 g/mol. The van der Waals surface area contributed by atoms with E-state index in [2.05, 4.69) is 21.9 Å². The van der Waals surface area contributed by atoms with Crippen LogP contribution in [0.4, 0.5) is 8.78 Å². The molecule has 0 saturated carbocycles. The van der Waals surface area contributed by atoms with E-state index in [0.717, 1.165) is 31.7 Å². The smallest absolute Gasteiger partial charge is 0.387 e. The van der Waals surface area contributed by atoms with Crippen LogP contribution < -0.4 is 10.1 Å². The van der Waals surface area contributed by atoms with Crippen LogP contribution in [0.25, 0.3) is 0 Å². The van der Waals surface area contributed by atoms with E-state index in [1.807, 2.05) is 12.1 Å². The van der Waals surface area contributed by atoms with E-state index in [0.29, 0.717) is 6.04 Å². The number of nitrogens with zero attached hydrogens (tertiary/aromatic N) is 1. The average Bonchev–Trinajstić information content (AvgIpc) is 2.39. The van der Waals surface area contributed by atoms with E-state index in [9.17, 15) is 8.78 Å². The first-order valence-corrected chi connectivity index (χ1v) is 6.16. The van der Waals surface area contributed by atoms with Crippen molar-refractivity contribution in [3.63, 3.8) is 0 Å². The number of hydrogen-bond donors (Lipinski definition) is 1. The maximum atomic E-state index is 12.0. The molecule has 1 unspecified atom stereocenters. The van der Waals surface area contributed by atoms with Gasteiger partial charge in [0.15, 0.2) is 0 Å². The Morgan fingerprint density at radius 3 is 2.15 bits per heavy atom. The van der Waals surface area contributed by atoms with E-state index in [-0.39, 0.29) is 30.6 Å². The van der Waals surface area contributed by atoms with Gasteiger partial charge in [-0.3, -0.25) is 4.90 Å². The Bertz CT molecular complexity index is 373. The summed E-state index contributed by atoms with van der Waals surface area (Å²) in [6.45, 7) is 3.39. The summed E-state index contributed by atoms with van der Waals surface area (Å²) in [5, 5.41) is 3.31. The van der Waals surface area contributed by atoms with Crippen molar-refractivity contribution in [3.05, 3.63) is 29.8 Å². The first-order valence-electron chi connectivity index (χ1n) is 6.16. The Kier molecular flexibility index (Phi) is 9.05. The molecule has 20 heavy (non-hydrogen) atoms. The van der Waals surface area contributed by atoms with E-state index in [1.54, 1.807) is 12.1 Å². The van der Waals surface area contributed by atoms with Gasteiger partial charge in [0, 0.05) is 32.2 Å². The zero-order valence-electron chi connectivity index (χ0n) is 11.2. The molecule has 3 nitrogen and oxygen atoms in total. The maximum Gasteiger partial charge on any atom is 0.387 e. The predicted molar refractivity (Wildman–Crippen MR) is 80.4 cm³/mol. The maximum absolute atomic E-state index is 12.0. The monoisotopic (exact) mass is 328 g/mol. The lowest BCUT2D eigenvalue weighted by atomic mass is 10.1. The van der Waals surface area contributed by atoms with E-state index in [4.69, 9.17) is 0 Å². The van der Waals surface area contributed by atoms with Crippen LogP contribution in [0, 0.1) is 0 Å². The minimum absolute atomic E-state index is 0. The molecule has 0 bridgehead atoms. The minimum Gasteiger partial charge on any atom is -0.435 e. The van der Waals surface area contributed by atoms with E-state index >= 15 is 0 Å². The number of benzene rings is 1. The molecule has 0 aliphatic carbocycles. The molecule has 0 aromatic heterocycles. The number of rotatable bonds is 4. The third-order valence-electron chi connectivity index (χ3n) is 3.29. The summed E-state index contributed by atoms with van der Waals surface area (Å²) in [7, 11) is 0. The van der Waals surface area contributed by atoms with Crippen molar-refractivity contribution in [1.29, 1.82) is 0 Å². The van der Waals surface area contributed by atoms with Crippen molar-refractivity contribution in [2.75, 3.05) is 26.2 Å². The normalized spacial score (nSPS) is 17.0. The second-order valence-corrected chi connectivity index (χ2v) is 4.41. The fraction of sp³-hybridized carbons (Fsp3) is 0.538. The zero-order chi connectivity index (χ0) is 13.0. The molecule has 2 rings (SSSR count). The molecule has 1 aromatic rings. The third-order valence-corrected chi connectivity index (χ3v) is 3.29. The molecule has 1 aliphatic rings. The molecule has 7 heteroatoms. The highest BCUT2D eigenvalue weighted by atomic mass is 35.5. The van der Waals surface area contributed by atoms with E-state index in [1.165, 1.54) is 0 Å². The van der Waals surface area contributed by atoms with Gasteiger partial charge in [-0.25, -0.2) is 0 Å². The van der Waals surface area contributed by atoms with E-state index < -0.39 is 6.61 Å². The van der Waals surface area contributed by atoms with Gasteiger partial charge in [-0.2, -0.15) is 8.78 Å². The largest absolute Gasteiger partial charge is 0.435 e. The van der Waals surface area contributed by atoms with Crippen LogP contribution >= 0.6 is 24.8 Å². The predicted octanol–water partition coefficient (Wildman–Crippen LogP) is 3.10. The van der Waals surface area contributed by atoms with Crippen molar-refractivity contribution in [1.82, 2.24) is 10.2 Å². The van der Waals surface area contributed by atoms with Crippen molar-refractivity contribution in [2.24, 2.45) is 0 Å². The van der Waals surface area contributed by atoms with Crippen LogP contribution in [-0.4, -0.2) is 37.7 Å². The lowest BCUT2D eigenvalue weighted by Crippen LogP contribution is -2.44. The summed E-state index contributed by atoms with van der Waals surface area (Å²) < 4.78 is 28.4. The number of halogens is 4. The molecule has 1 heterocycles. The van der Waals surface area contributed by atoms with Gasteiger partial charge < -0.3 is 10.1 Å². The minimum atomic E-state index is -2.76. The van der Waals surface area contributed by atoms with Crippen molar-refractivity contribution < 1.29 is 13.5 Å². The summed E-state index contributed by atoms with van der Waals surface area (Å²) in [5.41, 5.74) is 1.12. The first kappa shape index (κ1) is 19.4. The fourth-order valence-electron chi connectivity index (χ4n) is 2.21. The summed E-state index contributed by atoms with van der Waals surface area (Å²) in [6.07, 6.45) is 0. The number of hydrogen-bond acceptors (Lipinski definition) is 3. The summed E-state index contributed by atoms with van der Waals surface area (Å²) in [5.74, 6) is 0.210. The number of nitrogens with one attached hydrogen (secondary N) is 1. The Morgan fingerprint density at radius 2 is 1.65 bits per heavy atom. The molecule has 0 radical (unpaired) electrons. The molecule has 1 aliphatic heterocycles. The molecule has 1 atom stereocenters. The first-order chi connectivity index (χ1) is 8.66. The highest BCUT2D eigenvalue weighted by Crippen LogP contribution is 2.23. The zero-order valence-corrected chi connectivity index (χ0v) is 12.9. The van der Waals surface area contributed by atoms with Gasteiger partial charge in [-0.1, -0.05) is 12.1 Å². The van der Waals surface area contributed by atoms with Crippen molar-refractivity contribution >= 4 is 24.8 Å². The SMILES string of the molecule is CC(c1ccc(OC(F)F)cc1)N1CCNCC1.Cl.Cl. The molecule has 0 spiro atoms. The Balaban J connectivity index is 0.00000180. The summed E-state index contributed by atoms with van der Waals surface area (Å²) >= 11 is 0. The quantitative estimate of drug-likeness (QED) is 0.919. The van der Waals surface area contributed by atoms with Crippen LogP contribution in [0.2, 0.25) is 0 Å². The van der Waals surface area contributed by atoms with Gasteiger partial charge >= 0.3 is 6.61 Å². The van der Waals surface area contributed by atoms with Crippen LogP contribution in [0.15, 0.2) is 24.3 Å². The Morgan fingerprint density at radius 1 is 1.10 bits per heavy atom. The molecule has 1 fully saturated rings. The van der Waals surface area contributed by atoms with Gasteiger partial charge in [-0.05, 0) is 24.6 Å². The van der Waals surface area contributed by atoms with Crippen LogP contribution in [0.1, 0.15) is 18.5 Å². The fourth-order valence-corrected chi connectivity index (χ4v) is 2.21. The van der Waals surface area contributed by atoms with Gasteiger partial charge in [0.05, 0.1) is 0 Å². The number of alkyl halides is 2. The third kappa shape index (κ3) is 5.40.